The summed E-state index contributed by atoms with van der Waals surface area (Å²) >= 11 is 0. The zero-order chi connectivity index (χ0) is 13.2. The summed E-state index contributed by atoms with van der Waals surface area (Å²) in [7, 11) is 1.63. The SMILES string of the molecule is CC/C=C\C[C@H](C=O)OCc1ccc(OC)cc1. The van der Waals surface area contributed by atoms with Gasteiger partial charge in [-0.25, -0.2) is 0 Å². The summed E-state index contributed by atoms with van der Waals surface area (Å²) in [5.41, 5.74) is 1.03. The number of ether oxygens (including phenoxy) is 2. The Morgan fingerprint density at radius 1 is 1.22 bits per heavy atom. The molecule has 0 saturated heterocycles. The maximum atomic E-state index is 10.8. The van der Waals surface area contributed by atoms with Crippen LogP contribution in [-0.2, 0) is 16.1 Å². The molecule has 0 radical (unpaired) electrons. The molecule has 0 aliphatic carbocycles. The molecule has 3 heteroatoms. The highest BCUT2D eigenvalue weighted by Gasteiger charge is 2.05. The van der Waals surface area contributed by atoms with Crippen LogP contribution < -0.4 is 4.74 Å². The molecule has 1 atom stereocenters. The van der Waals surface area contributed by atoms with Crippen LogP contribution in [0.25, 0.3) is 0 Å². The Bertz CT molecular complexity index is 368. The van der Waals surface area contributed by atoms with Gasteiger partial charge in [-0.2, -0.15) is 0 Å². The zero-order valence-corrected chi connectivity index (χ0v) is 11.0. The minimum Gasteiger partial charge on any atom is -0.497 e. The lowest BCUT2D eigenvalue weighted by Crippen LogP contribution is -2.13. The van der Waals surface area contributed by atoms with E-state index < -0.39 is 0 Å². The predicted molar refractivity (Wildman–Crippen MR) is 71.7 cm³/mol. The molecule has 0 spiro atoms. The molecule has 1 rings (SSSR count). The lowest BCUT2D eigenvalue weighted by Gasteiger charge is -2.10. The molecule has 0 saturated carbocycles. The monoisotopic (exact) mass is 248 g/mol. The second kappa shape index (κ2) is 8.48. The average Bonchev–Trinajstić information content (AvgIpc) is 2.43. The Balaban J connectivity index is 2.41. The van der Waals surface area contributed by atoms with E-state index in [1.54, 1.807) is 7.11 Å². The quantitative estimate of drug-likeness (QED) is 0.523. The topological polar surface area (TPSA) is 35.5 Å². The molecule has 0 amide bonds. The van der Waals surface area contributed by atoms with Crippen LogP contribution in [0, 0.1) is 0 Å². The number of carbonyl (C=O) groups is 1. The van der Waals surface area contributed by atoms with Crippen molar-refractivity contribution in [3.8, 4) is 5.75 Å². The highest BCUT2D eigenvalue weighted by atomic mass is 16.5. The molecule has 0 heterocycles. The van der Waals surface area contributed by atoms with Gasteiger partial charge >= 0.3 is 0 Å². The third kappa shape index (κ3) is 5.15. The van der Waals surface area contributed by atoms with Gasteiger partial charge in [-0.15, -0.1) is 0 Å². The minimum atomic E-state index is -0.366. The normalized spacial score (nSPS) is 12.6. The molecule has 1 aromatic carbocycles. The van der Waals surface area contributed by atoms with Crippen molar-refractivity contribution < 1.29 is 14.3 Å². The third-order valence-electron chi connectivity index (χ3n) is 2.55. The summed E-state index contributed by atoms with van der Waals surface area (Å²) in [5.74, 6) is 0.816. The van der Waals surface area contributed by atoms with E-state index in [4.69, 9.17) is 9.47 Å². The summed E-state index contributed by atoms with van der Waals surface area (Å²) in [6, 6.07) is 7.63. The second-order valence-corrected chi connectivity index (χ2v) is 3.95. The van der Waals surface area contributed by atoms with Gasteiger partial charge in [0.1, 0.15) is 18.1 Å². The second-order valence-electron chi connectivity index (χ2n) is 3.95. The van der Waals surface area contributed by atoms with Gasteiger partial charge < -0.3 is 14.3 Å². The summed E-state index contributed by atoms with van der Waals surface area (Å²) in [6.07, 6.45) is 6.11. The van der Waals surface area contributed by atoms with Crippen LogP contribution in [0.4, 0.5) is 0 Å². The van der Waals surface area contributed by atoms with Crippen LogP contribution in [0.5, 0.6) is 5.75 Å². The molecule has 0 fully saturated rings. The summed E-state index contributed by atoms with van der Waals surface area (Å²) in [6.45, 7) is 2.50. The molecular weight excluding hydrogens is 228 g/mol. The highest BCUT2D eigenvalue weighted by molar-refractivity contribution is 5.56. The number of benzene rings is 1. The molecule has 0 aliphatic rings. The molecule has 0 aliphatic heterocycles. The number of allylic oxidation sites excluding steroid dienone is 1. The fourth-order valence-electron chi connectivity index (χ4n) is 1.48. The van der Waals surface area contributed by atoms with Crippen molar-refractivity contribution in [2.45, 2.75) is 32.5 Å². The molecule has 0 N–H and O–H groups in total. The van der Waals surface area contributed by atoms with Gasteiger partial charge in [0.05, 0.1) is 13.7 Å². The first-order valence-corrected chi connectivity index (χ1v) is 6.15. The van der Waals surface area contributed by atoms with Gasteiger partial charge in [0.15, 0.2) is 0 Å². The molecule has 0 bridgehead atoms. The van der Waals surface area contributed by atoms with Crippen LogP contribution in [0.3, 0.4) is 0 Å². The van der Waals surface area contributed by atoms with Crippen molar-refractivity contribution in [1.82, 2.24) is 0 Å². The van der Waals surface area contributed by atoms with Gasteiger partial charge in [0, 0.05) is 0 Å². The van der Waals surface area contributed by atoms with E-state index in [0.717, 1.165) is 24.0 Å². The number of hydrogen-bond donors (Lipinski definition) is 0. The fourth-order valence-corrected chi connectivity index (χ4v) is 1.48. The first kappa shape index (κ1) is 14.5. The summed E-state index contributed by atoms with van der Waals surface area (Å²) in [4.78, 5) is 10.8. The molecule has 3 nitrogen and oxygen atoms in total. The lowest BCUT2D eigenvalue weighted by molar-refractivity contribution is -0.118. The molecular formula is C15H20O3. The Morgan fingerprint density at radius 2 is 1.94 bits per heavy atom. The van der Waals surface area contributed by atoms with Crippen molar-refractivity contribution in [2.24, 2.45) is 0 Å². The highest BCUT2D eigenvalue weighted by Crippen LogP contribution is 2.13. The maximum absolute atomic E-state index is 10.8. The predicted octanol–water partition coefficient (Wildman–Crippen LogP) is 3.14. The number of carbonyl (C=O) groups excluding carboxylic acids is 1. The molecule has 1 aromatic rings. The number of rotatable bonds is 8. The Hall–Kier alpha value is -1.61. The van der Waals surface area contributed by atoms with E-state index >= 15 is 0 Å². The van der Waals surface area contributed by atoms with Crippen LogP contribution in [0.15, 0.2) is 36.4 Å². The Kier molecular flexibility index (Phi) is 6.81. The first-order valence-electron chi connectivity index (χ1n) is 6.15. The lowest BCUT2D eigenvalue weighted by atomic mass is 10.2. The van der Waals surface area contributed by atoms with E-state index in [0.29, 0.717) is 13.0 Å². The van der Waals surface area contributed by atoms with Crippen LogP contribution in [0.1, 0.15) is 25.3 Å². The van der Waals surface area contributed by atoms with E-state index in [-0.39, 0.29) is 6.10 Å². The first-order chi connectivity index (χ1) is 8.80. The Morgan fingerprint density at radius 3 is 2.50 bits per heavy atom. The third-order valence-corrected chi connectivity index (χ3v) is 2.55. The van der Waals surface area contributed by atoms with Gasteiger partial charge in [0.2, 0.25) is 0 Å². The Labute approximate surface area is 108 Å². The van der Waals surface area contributed by atoms with Crippen LogP contribution >= 0.6 is 0 Å². The van der Waals surface area contributed by atoms with Gasteiger partial charge in [0.25, 0.3) is 0 Å². The van der Waals surface area contributed by atoms with Crippen molar-refractivity contribution in [2.75, 3.05) is 7.11 Å². The number of aldehydes is 1. The summed E-state index contributed by atoms with van der Waals surface area (Å²) < 4.78 is 10.6. The van der Waals surface area contributed by atoms with Crippen molar-refractivity contribution >= 4 is 6.29 Å². The van der Waals surface area contributed by atoms with Gasteiger partial charge in [-0.1, -0.05) is 31.2 Å². The maximum Gasteiger partial charge on any atom is 0.149 e. The van der Waals surface area contributed by atoms with Gasteiger partial charge in [-0.3, -0.25) is 0 Å². The number of methoxy groups -OCH3 is 1. The fraction of sp³-hybridized carbons (Fsp3) is 0.400. The van der Waals surface area contributed by atoms with Crippen molar-refractivity contribution in [1.29, 1.82) is 0 Å². The molecule has 0 unspecified atom stereocenters. The molecule has 98 valence electrons. The largest absolute Gasteiger partial charge is 0.497 e. The number of hydrogen-bond acceptors (Lipinski definition) is 3. The standard InChI is InChI=1S/C15H20O3/c1-3-4-5-6-15(11-16)18-12-13-7-9-14(17-2)10-8-13/h4-5,7-11,15H,3,6,12H2,1-2H3/b5-4-/t15-/m1/s1. The van der Waals surface area contributed by atoms with E-state index in [1.807, 2.05) is 36.4 Å². The summed E-state index contributed by atoms with van der Waals surface area (Å²) in [5, 5.41) is 0. The average molecular weight is 248 g/mol. The van der Waals surface area contributed by atoms with E-state index in [2.05, 4.69) is 6.92 Å². The van der Waals surface area contributed by atoms with Gasteiger partial charge in [-0.05, 0) is 30.5 Å². The zero-order valence-electron chi connectivity index (χ0n) is 11.0. The van der Waals surface area contributed by atoms with E-state index in [9.17, 15) is 4.79 Å². The van der Waals surface area contributed by atoms with Crippen molar-refractivity contribution in [3.05, 3.63) is 42.0 Å². The van der Waals surface area contributed by atoms with Crippen molar-refractivity contribution in [3.63, 3.8) is 0 Å². The van der Waals surface area contributed by atoms with Crippen LogP contribution in [0.2, 0.25) is 0 Å². The minimum absolute atomic E-state index is 0.366. The smallest absolute Gasteiger partial charge is 0.149 e. The van der Waals surface area contributed by atoms with E-state index in [1.165, 1.54) is 0 Å². The van der Waals surface area contributed by atoms with Crippen LogP contribution in [-0.4, -0.2) is 19.5 Å². The molecule has 18 heavy (non-hydrogen) atoms. The molecule has 0 aromatic heterocycles.